The Kier molecular flexibility index (Phi) is 2.72. The van der Waals surface area contributed by atoms with Crippen LogP contribution in [0.25, 0.3) is 11.1 Å². The number of rotatable bonds is 1. The first-order chi connectivity index (χ1) is 8.33. The molecular weight excluding hydrogens is 204 g/mol. The van der Waals surface area contributed by atoms with Gasteiger partial charge in [0.05, 0.1) is 0 Å². The van der Waals surface area contributed by atoms with Crippen LogP contribution in [-0.4, -0.2) is 0 Å². The van der Waals surface area contributed by atoms with Crippen molar-refractivity contribution in [2.45, 2.75) is 26.2 Å². The highest BCUT2D eigenvalue weighted by atomic mass is 14.2. The van der Waals surface area contributed by atoms with Gasteiger partial charge in [-0.15, -0.1) is 0 Å². The van der Waals surface area contributed by atoms with Crippen molar-refractivity contribution < 1.29 is 0 Å². The van der Waals surface area contributed by atoms with Crippen LogP contribution < -0.4 is 0 Å². The zero-order valence-electron chi connectivity index (χ0n) is 10.3. The minimum absolute atomic E-state index is 0.852. The predicted molar refractivity (Wildman–Crippen MR) is 73.1 cm³/mol. The van der Waals surface area contributed by atoms with Crippen LogP contribution in [0.4, 0.5) is 0 Å². The summed E-state index contributed by atoms with van der Waals surface area (Å²) < 4.78 is 0. The minimum Gasteiger partial charge on any atom is -0.0622 e. The molecule has 0 saturated carbocycles. The Balaban J connectivity index is 1.99. The number of hydrogen-bond donors (Lipinski definition) is 0. The van der Waals surface area contributed by atoms with E-state index in [2.05, 4.69) is 55.5 Å². The van der Waals surface area contributed by atoms with Gasteiger partial charge in [-0.2, -0.15) is 0 Å². The molecule has 1 atom stereocenters. The standard InChI is InChI=1S/C17H18/c1-13-7-8-17-12-16(10-9-15(17)11-13)14-5-3-2-4-6-14/h2-6,9-10,12-13H,7-8,11H2,1H3. The van der Waals surface area contributed by atoms with Gasteiger partial charge in [-0.1, -0.05) is 55.5 Å². The Morgan fingerprint density at radius 3 is 2.53 bits per heavy atom. The van der Waals surface area contributed by atoms with Gasteiger partial charge in [-0.3, -0.25) is 0 Å². The van der Waals surface area contributed by atoms with Crippen molar-refractivity contribution in [3.05, 3.63) is 59.7 Å². The first-order valence-electron chi connectivity index (χ1n) is 6.50. The molecule has 1 unspecified atom stereocenters. The molecule has 0 bridgehead atoms. The summed E-state index contributed by atoms with van der Waals surface area (Å²) in [6.45, 7) is 2.36. The Labute approximate surface area is 103 Å². The van der Waals surface area contributed by atoms with Crippen molar-refractivity contribution in [3.63, 3.8) is 0 Å². The second kappa shape index (κ2) is 4.37. The Bertz CT molecular complexity index is 511. The van der Waals surface area contributed by atoms with E-state index in [0.29, 0.717) is 0 Å². The van der Waals surface area contributed by atoms with Crippen molar-refractivity contribution >= 4 is 0 Å². The van der Waals surface area contributed by atoms with E-state index < -0.39 is 0 Å². The van der Waals surface area contributed by atoms with E-state index in [1.807, 2.05) is 0 Å². The highest BCUT2D eigenvalue weighted by Gasteiger charge is 2.15. The summed E-state index contributed by atoms with van der Waals surface area (Å²) in [7, 11) is 0. The molecule has 17 heavy (non-hydrogen) atoms. The Morgan fingerprint density at radius 2 is 1.71 bits per heavy atom. The lowest BCUT2D eigenvalue weighted by Gasteiger charge is -2.22. The summed E-state index contributed by atoms with van der Waals surface area (Å²) in [6, 6.07) is 17.6. The van der Waals surface area contributed by atoms with E-state index >= 15 is 0 Å². The second-order valence-corrected chi connectivity index (χ2v) is 5.20. The lowest BCUT2D eigenvalue weighted by Crippen LogP contribution is -2.10. The first-order valence-corrected chi connectivity index (χ1v) is 6.50. The number of hydrogen-bond acceptors (Lipinski definition) is 0. The zero-order chi connectivity index (χ0) is 11.7. The highest BCUT2D eigenvalue weighted by molar-refractivity contribution is 5.65. The fraction of sp³-hybridized carbons (Fsp3) is 0.294. The summed E-state index contributed by atoms with van der Waals surface area (Å²) in [4.78, 5) is 0. The molecule has 0 saturated heterocycles. The largest absolute Gasteiger partial charge is 0.0622 e. The molecular formula is C17H18. The summed E-state index contributed by atoms with van der Waals surface area (Å²) in [5.74, 6) is 0.852. The van der Waals surface area contributed by atoms with Crippen LogP contribution >= 0.6 is 0 Å². The lowest BCUT2D eigenvalue weighted by atomic mass is 9.83. The molecule has 0 heteroatoms. The molecule has 0 spiro atoms. The predicted octanol–water partition coefficient (Wildman–Crippen LogP) is 4.48. The molecule has 0 aliphatic heterocycles. The molecule has 1 aliphatic rings. The normalized spacial score (nSPS) is 18.8. The van der Waals surface area contributed by atoms with Crippen LogP contribution in [0.1, 0.15) is 24.5 Å². The second-order valence-electron chi connectivity index (χ2n) is 5.20. The molecule has 1 aliphatic carbocycles. The van der Waals surface area contributed by atoms with Crippen molar-refractivity contribution in [3.8, 4) is 11.1 Å². The van der Waals surface area contributed by atoms with Crippen molar-refractivity contribution in [2.75, 3.05) is 0 Å². The number of benzene rings is 2. The van der Waals surface area contributed by atoms with Gasteiger partial charge in [-0.25, -0.2) is 0 Å². The van der Waals surface area contributed by atoms with Gasteiger partial charge in [0.1, 0.15) is 0 Å². The molecule has 0 nitrogen and oxygen atoms in total. The third-order valence-corrected chi connectivity index (χ3v) is 3.79. The molecule has 0 fully saturated rings. The van der Waals surface area contributed by atoms with E-state index in [-0.39, 0.29) is 0 Å². The van der Waals surface area contributed by atoms with Crippen LogP contribution in [0.2, 0.25) is 0 Å². The van der Waals surface area contributed by atoms with Crippen molar-refractivity contribution in [1.29, 1.82) is 0 Å². The molecule has 3 rings (SSSR count). The average molecular weight is 222 g/mol. The van der Waals surface area contributed by atoms with Gasteiger partial charge in [0, 0.05) is 0 Å². The fourth-order valence-electron chi connectivity index (χ4n) is 2.75. The summed E-state index contributed by atoms with van der Waals surface area (Å²) >= 11 is 0. The molecule has 2 aromatic carbocycles. The van der Waals surface area contributed by atoms with Crippen LogP contribution in [0.15, 0.2) is 48.5 Å². The third-order valence-electron chi connectivity index (χ3n) is 3.79. The summed E-state index contributed by atoms with van der Waals surface area (Å²) in [5, 5.41) is 0. The van der Waals surface area contributed by atoms with E-state index in [1.165, 1.54) is 30.4 Å². The van der Waals surface area contributed by atoms with Gasteiger partial charge in [0.25, 0.3) is 0 Å². The third kappa shape index (κ3) is 2.12. The van der Waals surface area contributed by atoms with Gasteiger partial charge < -0.3 is 0 Å². The van der Waals surface area contributed by atoms with E-state index in [4.69, 9.17) is 0 Å². The van der Waals surface area contributed by atoms with Crippen LogP contribution in [0, 0.1) is 5.92 Å². The highest BCUT2D eigenvalue weighted by Crippen LogP contribution is 2.29. The molecule has 0 N–H and O–H groups in total. The monoisotopic (exact) mass is 222 g/mol. The maximum absolute atomic E-state index is 2.39. The zero-order valence-corrected chi connectivity index (χ0v) is 10.3. The minimum atomic E-state index is 0.852. The van der Waals surface area contributed by atoms with Crippen LogP contribution in [-0.2, 0) is 12.8 Å². The SMILES string of the molecule is CC1CCc2cc(-c3ccccc3)ccc2C1. The molecule has 2 aromatic rings. The molecule has 0 heterocycles. The van der Waals surface area contributed by atoms with Gasteiger partial charge in [0.15, 0.2) is 0 Å². The Hall–Kier alpha value is -1.56. The summed E-state index contributed by atoms with van der Waals surface area (Å²) in [5.41, 5.74) is 5.81. The van der Waals surface area contributed by atoms with E-state index in [1.54, 1.807) is 11.1 Å². The average Bonchev–Trinajstić information content (AvgIpc) is 2.39. The maximum Gasteiger partial charge on any atom is -0.0181 e. The smallest absolute Gasteiger partial charge is 0.0181 e. The fourth-order valence-corrected chi connectivity index (χ4v) is 2.75. The number of fused-ring (bicyclic) bond motifs is 1. The van der Waals surface area contributed by atoms with Gasteiger partial charge in [-0.05, 0) is 47.4 Å². The lowest BCUT2D eigenvalue weighted by molar-refractivity contribution is 0.501. The van der Waals surface area contributed by atoms with Crippen molar-refractivity contribution in [1.82, 2.24) is 0 Å². The van der Waals surface area contributed by atoms with Crippen LogP contribution in [0.5, 0.6) is 0 Å². The number of aryl methyl sites for hydroxylation is 1. The Morgan fingerprint density at radius 1 is 0.882 bits per heavy atom. The van der Waals surface area contributed by atoms with Crippen LogP contribution in [0.3, 0.4) is 0 Å². The molecule has 0 radical (unpaired) electrons. The maximum atomic E-state index is 2.39. The first kappa shape index (κ1) is 10.6. The van der Waals surface area contributed by atoms with E-state index in [9.17, 15) is 0 Å². The van der Waals surface area contributed by atoms with Gasteiger partial charge in [0.2, 0.25) is 0 Å². The molecule has 86 valence electrons. The summed E-state index contributed by atoms with van der Waals surface area (Å²) in [6.07, 6.45) is 3.84. The van der Waals surface area contributed by atoms with Gasteiger partial charge >= 0.3 is 0 Å². The molecule has 0 aromatic heterocycles. The topological polar surface area (TPSA) is 0 Å². The molecule has 0 amide bonds. The quantitative estimate of drug-likeness (QED) is 0.667. The van der Waals surface area contributed by atoms with E-state index in [0.717, 1.165) is 5.92 Å². The van der Waals surface area contributed by atoms with Crippen molar-refractivity contribution in [2.24, 2.45) is 5.92 Å².